The van der Waals surface area contributed by atoms with Crippen molar-refractivity contribution in [2.24, 2.45) is 0 Å². The zero-order valence-corrected chi connectivity index (χ0v) is 15.1. The quantitative estimate of drug-likeness (QED) is 0.683. The Labute approximate surface area is 161 Å². The van der Waals surface area contributed by atoms with E-state index < -0.39 is 5.82 Å². The van der Waals surface area contributed by atoms with Gasteiger partial charge in [-0.25, -0.2) is 14.4 Å². The molecule has 0 aliphatic heterocycles. The topological polar surface area (TPSA) is 89.0 Å². The Balaban J connectivity index is 1.69. The van der Waals surface area contributed by atoms with Crippen LogP contribution >= 0.6 is 0 Å². The number of carbonyl (C=O) groups excluding carboxylic acids is 1. The number of pyridine rings is 1. The van der Waals surface area contributed by atoms with Crippen LogP contribution in [0.5, 0.6) is 5.75 Å². The number of amides is 1. The van der Waals surface area contributed by atoms with Gasteiger partial charge in [-0.1, -0.05) is 12.1 Å². The van der Waals surface area contributed by atoms with Gasteiger partial charge in [-0.2, -0.15) is 0 Å². The fourth-order valence-electron chi connectivity index (χ4n) is 2.68. The summed E-state index contributed by atoms with van der Waals surface area (Å²) in [6.45, 7) is 0. The second kappa shape index (κ2) is 7.59. The number of nitrogens with one attached hydrogen (secondary N) is 2. The molecule has 0 saturated heterocycles. The number of ether oxygens (including phenoxy) is 1. The van der Waals surface area contributed by atoms with Crippen molar-refractivity contribution in [2.75, 3.05) is 12.4 Å². The zero-order valence-electron chi connectivity index (χ0n) is 15.1. The van der Waals surface area contributed by atoms with E-state index >= 15 is 0 Å². The van der Waals surface area contributed by atoms with Crippen molar-refractivity contribution in [1.82, 2.24) is 20.3 Å². The molecule has 4 rings (SSSR count). The Morgan fingerprint density at radius 1 is 1.21 bits per heavy atom. The number of hydrogen-bond donors (Lipinski definition) is 2. The number of halogens is 1. The van der Waals surface area contributed by atoms with Crippen LogP contribution in [0.25, 0.3) is 11.4 Å². The van der Waals surface area contributed by atoms with Crippen LogP contribution in [0.15, 0.2) is 48.9 Å². The monoisotopic (exact) mass is 379 g/mol. The molecule has 8 heteroatoms. The van der Waals surface area contributed by atoms with Crippen molar-refractivity contribution in [3.05, 3.63) is 60.3 Å². The Morgan fingerprint density at radius 3 is 2.79 bits per heavy atom. The summed E-state index contributed by atoms with van der Waals surface area (Å²) in [7, 11) is 1.49. The number of rotatable bonds is 6. The van der Waals surface area contributed by atoms with Crippen LogP contribution < -0.4 is 15.4 Å². The number of aromatic nitrogens is 3. The van der Waals surface area contributed by atoms with Crippen molar-refractivity contribution in [1.29, 1.82) is 0 Å². The highest BCUT2D eigenvalue weighted by Crippen LogP contribution is 2.30. The maximum atomic E-state index is 14.1. The lowest BCUT2D eigenvalue weighted by Crippen LogP contribution is -2.26. The molecule has 0 unspecified atom stereocenters. The van der Waals surface area contributed by atoms with Crippen LogP contribution in [0.4, 0.5) is 15.9 Å². The Hall–Kier alpha value is -3.55. The molecular weight excluding hydrogens is 361 g/mol. The lowest BCUT2D eigenvalue weighted by molar-refractivity contribution is 0.0951. The number of nitrogens with zero attached hydrogens (tertiary/aromatic N) is 3. The number of benzene rings is 1. The zero-order chi connectivity index (χ0) is 19.5. The van der Waals surface area contributed by atoms with E-state index in [1.54, 1.807) is 30.5 Å². The fraction of sp³-hybridized carbons (Fsp3) is 0.200. The third kappa shape index (κ3) is 3.75. The molecule has 1 amide bonds. The van der Waals surface area contributed by atoms with Crippen LogP contribution in [0.2, 0.25) is 0 Å². The van der Waals surface area contributed by atoms with Crippen LogP contribution in [-0.2, 0) is 0 Å². The molecule has 3 aromatic rings. The van der Waals surface area contributed by atoms with Crippen LogP contribution in [0, 0.1) is 5.82 Å². The summed E-state index contributed by atoms with van der Waals surface area (Å²) < 4.78 is 19.4. The number of anilines is 2. The molecule has 0 spiro atoms. The first-order chi connectivity index (χ1) is 13.7. The summed E-state index contributed by atoms with van der Waals surface area (Å²) >= 11 is 0. The van der Waals surface area contributed by atoms with E-state index in [4.69, 9.17) is 4.74 Å². The Morgan fingerprint density at radius 2 is 2.04 bits per heavy atom. The van der Waals surface area contributed by atoms with Gasteiger partial charge in [0, 0.05) is 18.4 Å². The molecule has 1 saturated carbocycles. The molecule has 0 radical (unpaired) electrons. The highest BCUT2D eigenvalue weighted by Gasteiger charge is 2.25. The summed E-state index contributed by atoms with van der Waals surface area (Å²) in [6.07, 6.45) is 6.50. The average molecular weight is 379 g/mol. The first-order valence-electron chi connectivity index (χ1n) is 8.83. The number of methoxy groups -OCH3 is 1. The van der Waals surface area contributed by atoms with Gasteiger partial charge < -0.3 is 15.4 Å². The standard InChI is InChI=1S/C20H18FN5O2/c1-28-17-11-23-18(13-4-2-3-5-15(13)21)26-19(17)25-16-8-9-22-10-14(16)20(27)24-12-6-7-12/h2-5,8-12H,6-7H2,1H3,(H,24,27)(H,22,23,25,26). The normalized spacial score (nSPS) is 13.1. The minimum absolute atomic E-state index is 0.208. The van der Waals surface area contributed by atoms with Gasteiger partial charge in [-0.3, -0.25) is 9.78 Å². The molecule has 1 aliphatic carbocycles. The van der Waals surface area contributed by atoms with Gasteiger partial charge in [0.1, 0.15) is 5.82 Å². The second-order valence-corrected chi connectivity index (χ2v) is 6.38. The van der Waals surface area contributed by atoms with Crippen molar-refractivity contribution in [3.8, 4) is 17.1 Å². The van der Waals surface area contributed by atoms with Crippen LogP contribution in [0.1, 0.15) is 23.2 Å². The van der Waals surface area contributed by atoms with Crippen LogP contribution in [0.3, 0.4) is 0 Å². The maximum absolute atomic E-state index is 14.1. The minimum atomic E-state index is -0.424. The van der Waals surface area contributed by atoms with E-state index in [0.717, 1.165) is 12.8 Å². The van der Waals surface area contributed by atoms with Gasteiger partial charge in [0.15, 0.2) is 17.4 Å². The van der Waals surface area contributed by atoms with Crippen LogP contribution in [-0.4, -0.2) is 34.0 Å². The van der Waals surface area contributed by atoms with E-state index in [-0.39, 0.29) is 23.3 Å². The smallest absolute Gasteiger partial charge is 0.255 e. The highest BCUT2D eigenvalue weighted by molar-refractivity contribution is 6.00. The fourth-order valence-corrected chi connectivity index (χ4v) is 2.68. The molecule has 0 bridgehead atoms. The average Bonchev–Trinajstić information content (AvgIpc) is 3.53. The molecule has 2 heterocycles. The second-order valence-electron chi connectivity index (χ2n) is 6.38. The van der Waals surface area contributed by atoms with E-state index in [0.29, 0.717) is 22.8 Å². The van der Waals surface area contributed by atoms with Gasteiger partial charge in [0.25, 0.3) is 5.91 Å². The van der Waals surface area contributed by atoms with E-state index in [2.05, 4.69) is 25.6 Å². The lowest BCUT2D eigenvalue weighted by Gasteiger charge is -2.14. The van der Waals surface area contributed by atoms with E-state index in [1.165, 1.54) is 25.6 Å². The largest absolute Gasteiger partial charge is 0.491 e. The molecule has 7 nitrogen and oxygen atoms in total. The van der Waals surface area contributed by atoms with Gasteiger partial charge in [-0.15, -0.1) is 0 Å². The maximum Gasteiger partial charge on any atom is 0.255 e. The van der Waals surface area contributed by atoms with E-state index in [1.807, 2.05) is 0 Å². The van der Waals surface area contributed by atoms with Crippen molar-refractivity contribution < 1.29 is 13.9 Å². The van der Waals surface area contributed by atoms with Gasteiger partial charge in [0.05, 0.1) is 30.1 Å². The van der Waals surface area contributed by atoms with Gasteiger partial charge >= 0.3 is 0 Å². The molecule has 28 heavy (non-hydrogen) atoms. The lowest BCUT2D eigenvalue weighted by atomic mass is 10.2. The highest BCUT2D eigenvalue weighted by atomic mass is 19.1. The molecule has 1 aliphatic rings. The molecule has 142 valence electrons. The van der Waals surface area contributed by atoms with Crippen molar-refractivity contribution in [2.45, 2.75) is 18.9 Å². The molecule has 1 fully saturated rings. The van der Waals surface area contributed by atoms with E-state index in [9.17, 15) is 9.18 Å². The minimum Gasteiger partial charge on any atom is -0.491 e. The molecular formula is C20H18FN5O2. The number of carbonyl (C=O) groups is 1. The summed E-state index contributed by atoms with van der Waals surface area (Å²) in [5.74, 6) is 0.264. The SMILES string of the molecule is COc1cnc(-c2ccccc2F)nc1Nc1ccncc1C(=O)NC1CC1. The molecule has 2 aromatic heterocycles. The first-order valence-corrected chi connectivity index (χ1v) is 8.83. The predicted molar refractivity (Wildman–Crippen MR) is 102 cm³/mol. The molecule has 2 N–H and O–H groups in total. The summed E-state index contributed by atoms with van der Waals surface area (Å²) in [4.78, 5) is 25.1. The Bertz CT molecular complexity index is 1020. The third-order valence-electron chi connectivity index (χ3n) is 4.32. The molecule has 0 atom stereocenters. The van der Waals surface area contributed by atoms with Gasteiger partial charge in [-0.05, 0) is 31.0 Å². The predicted octanol–water partition coefficient (Wildman–Crippen LogP) is 3.32. The Kier molecular flexibility index (Phi) is 4.84. The summed E-state index contributed by atoms with van der Waals surface area (Å²) in [5, 5.41) is 6.03. The van der Waals surface area contributed by atoms with Crippen molar-refractivity contribution in [3.63, 3.8) is 0 Å². The molecule has 1 aromatic carbocycles. The summed E-state index contributed by atoms with van der Waals surface area (Å²) in [6, 6.07) is 8.15. The number of hydrogen-bond acceptors (Lipinski definition) is 6. The summed E-state index contributed by atoms with van der Waals surface area (Å²) in [5.41, 5.74) is 1.18. The van der Waals surface area contributed by atoms with Crippen molar-refractivity contribution >= 4 is 17.4 Å². The third-order valence-corrected chi connectivity index (χ3v) is 4.32. The van der Waals surface area contributed by atoms with Gasteiger partial charge in [0.2, 0.25) is 0 Å². The first kappa shape index (κ1) is 17.8.